The van der Waals surface area contributed by atoms with Gasteiger partial charge in [0.25, 0.3) is 0 Å². The first-order valence-corrected chi connectivity index (χ1v) is 11.8. The molecule has 0 rings (SSSR count). The average molecular weight is 494 g/mol. The Hall–Kier alpha value is -2.42. The van der Waals surface area contributed by atoms with Crippen molar-refractivity contribution in [2.45, 2.75) is 69.3 Å². The van der Waals surface area contributed by atoms with E-state index in [0.717, 1.165) is 0 Å². The van der Waals surface area contributed by atoms with E-state index in [0.29, 0.717) is 31.6 Å². The molecule has 190 valence electrons. The molecule has 0 bridgehead atoms. The topological polar surface area (TPSA) is 234 Å². The fourth-order valence-electron chi connectivity index (χ4n) is 2.71. The zero-order valence-corrected chi connectivity index (χ0v) is 19.6. The standard InChI is InChI=1S/C19H35N5O8S/c1-10(25)15(24-16(28)11(21)6-8-33-2)18(30)23-13(9-14(26)27)17(29)22-12(19(31)32)5-3-4-7-20/h10-13,15,25H,3-9,20-21H2,1-2H3,(H,22,29)(H,23,30)(H,24,28)(H,26,27)(H,31,32). The molecule has 0 spiro atoms. The Labute approximate surface area is 196 Å². The summed E-state index contributed by atoms with van der Waals surface area (Å²) in [5.41, 5.74) is 11.1. The molecular formula is C19H35N5O8S. The summed E-state index contributed by atoms with van der Waals surface area (Å²) >= 11 is 1.47. The molecule has 13 nitrogen and oxygen atoms in total. The molecule has 0 aromatic carbocycles. The van der Waals surface area contributed by atoms with Gasteiger partial charge in [-0.05, 0) is 51.2 Å². The minimum absolute atomic E-state index is 0.0618. The predicted octanol–water partition coefficient (Wildman–Crippen LogP) is -2.41. The maximum Gasteiger partial charge on any atom is 0.326 e. The number of carbonyl (C=O) groups excluding carboxylic acids is 3. The van der Waals surface area contributed by atoms with Crippen molar-refractivity contribution in [2.75, 3.05) is 18.6 Å². The van der Waals surface area contributed by atoms with Gasteiger partial charge in [0.2, 0.25) is 17.7 Å². The van der Waals surface area contributed by atoms with E-state index in [1.807, 2.05) is 6.26 Å². The molecule has 0 saturated carbocycles. The van der Waals surface area contributed by atoms with Crippen LogP contribution in [0, 0.1) is 0 Å². The van der Waals surface area contributed by atoms with Crippen LogP contribution >= 0.6 is 11.8 Å². The van der Waals surface area contributed by atoms with Gasteiger partial charge in [-0.15, -0.1) is 0 Å². The van der Waals surface area contributed by atoms with Crippen LogP contribution in [0.5, 0.6) is 0 Å². The maximum atomic E-state index is 12.6. The highest BCUT2D eigenvalue weighted by Crippen LogP contribution is 2.05. The number of rotatable bonds is 17. The summed E-state index contributed by atoms with van der Waals surface area (Å²) in [5, 5.41) is 35.0. The van der Waals surface area contributed by atoms with Crippen molar-refractivity contribution in [1.29, 1.82) is 0 Å². The molecule has 5 atom stereocenters. The van der Waals surface area contributed by atoms with Gasteiger partial charge in [0.15, 0.2) is 0 Å². The quantitative estimate of drug-likeness (QED) is 0.0993. The minimum Gasteiger partial charge on any atom is -0.481 e. The first-order valence-electron chi connectivity index (χ1n) is 10.4. The molecule has 0 aliphatic heterocycles. The molecule has 33 heavy (non-hydrogen) atoms. The van der Waals surface area contributed by atoms with Crippen molar-refractivity contribution in [3.8, 4) is 0 Å². The zero-order valence-electron chi connectivity index (χ0n) is 18.8. The van der Waals surface area contributed by atoms with E-state index in [1.165, 1.54) is 18.7 Å². The monoisotopic (exact) mass is 493 g/mol. The highest BCUT2D eigenvalue weighted by molar-refractivity contribution is 7.98. The first-order chi connectivity index (χ1) is 15.4. The third-order valence-corrected chi connectivity index (χ3v) is 5.25. The van der Waals surface area contributed by atoms with E-state index in [9.17, 15) is 34.2 Å². The van der Waals surface area contributed by atoms with Crippen molar-refractivity contribution in [3.05, 3.63) is 0 Å². The second-order valence-electron chi connectivity index (χ2n) is 7.46. The van der Waals surface area contributed by atoms with Crippen LogP contribution in [0.1, 0.15) is 39.0 Å². The Morgan fingerprint density at radius 2 is 1.52 bits per heavy atom. The number of nitrogens with two attached hydrogens (primary N) is 2. The lowest BCUT2D eigenvalue weighted by molar-refractivity contribution is -0.144. The third kappa shape index (κ3) is 12.4. The largest absolute Gasteiger partial charge is 0.481 e. The van der Waals surface area contributed by atoms with Crippen LogP contribution in [0.4, 0.5) is 0 Å². The number of hydrogen-bond acceptors (Lipinski definition) is 9. The summed E-state index contributed by atoms with van der Waals surface area (Å²) in [6, 6.07) is -5.40. The Bertz CT molecular complexity index is 679. The smallest absolute Gasteiger partial charge is 0.326 e. The molecule has 0 aliphatic rings. The van der Waals surface area contributed by atoms with Crippen LogP contribution in [-0.2, 0) is 24.0 Å². The number of carboxylic acids is 2. The van der Waals surface area contributed by atoms with E-state index in [2.05, 4.69) is 16.0 Å². The number of carboxylic acid groups (broad SMARTS) is 2. The van der Waals surface area contributed by atoms with Crippen molar-refractivity contribution in [1.82, 2.24) is 16.0 Å². The number of carbonyl (C=O) groups is 5. The number of aliphatic hydroxyl groups is 1. The van der Waals surface area contributed by atoms with Gasteiger partial charge in [-0.25, -0.2) is 4.79 Å². The number of amides is 3. The lowest BCUT2D eigenvalue weighted by atomic mass is 10.1. The molecule has 0 aromatic heterocycles. The van der Waals surface area contributed by atoms with E-state index in [1.54, 1.807) is 0 Å². The van der Waals surface area contributed by atoms with Gasteiger partial charge in [0, 0.05) is 0 Å². The number of thioether (sulfide) groups is 1. The molecule has 0 saturated heterocycles. The van der Waals surface area contributed by atoms with E-state index in [4.69, 9.17) is 16.6 Å². The highest BCUT2D eigenvalue weighted by atomic mass is 32.2. The van der Waals surface area contributed by atoms with Crippen molar-refractivity contribution in [3.63, 3.8) is 0 Å². The number of aliphatic hydroxyl groups excluding tert-OH is 1. The molecule has 0 radical (unpaired) electrons. The maximum absolute atomic E-state index is 12.6. The first kappa shape index (κ1) is 30.6. The fourth-order valence-corrected chi connectivity index (χ4v) is 3.20. The molecule has 0 fully saturated rings. The Kier molecular flexibility index (Phi) is 15.0. The lowest BCUT2D eigenvalue weighted by Crippen LogP contribution is -2.60. The number of unbranched alkanes of at least 4 members (excludes halogenated alkanes) is 1. The summed E-state index contributed by atoms with van der Waals surface area (Å²) in [5.74, 6) is -4.91. The van der Waals surface area contributed by atoms with Gasteiger partial charge >= 0.3 is 11.9 Å². The molecule has 5 unspecified atom stereocenters. The molecule has 0 heterocycles. The van der Waals surface area contributed by atoms with Crippen LogP contribution in [-0.4, -0.2) is 93.8 Å². The van der Waals surface area contributed by atoms with E-state index >= 15 is 0 Å². The Balaban J connectivity index is 5.35. The van der Waals surface area contributed by atoms with Crippen LogP contribution in [0.3, 0.4) is 0 Å². The van der Waals surface area contributed by atoms with Gasteiger partial charge in [-0.2, -0.15) is 11.8 Å². The summed E-state index contributed by atoms with van der Waals surface area (Å²) in [7, 11) is 0. The van der Waals surface area contributed by atoms with Crippen molar-refractivity contribution in [2.24, 2.45) is 11.5 Å². The predicted molar refractivity (Wildman–Crippen MR) is 121 cm³/mol. The van der Waals surface area contributed by atoms with Gasteiger partial charge in [0.05, 0.1) is 18.6 Å². The third-order valence-electron chi connectivity index (χ3n) is 4.61. The van der Waals surface area contributed by atoms with Crippen LogP contribution in [0.15, 0.2) is 0 Å². The molecule has 10 N–H and O–H groups in total. The van der Waals surface area contributed by atoms with Crippen molar-refractivity contribution >= 4 is 41.4 Å². The second kappa shape index (κ2) is 16.2. The van der Waals surface area contributed by atoms with Crippen LogP contribution in [0.25, 0.3) is 0 Å². The van der Waals surface area contributed by atoms with Crippen LogP contribution in [0.2, 0.25) is 0 Å². The Morgan fingerprint density at radius 1 is 0.909 bits per heavy atom. The van der Waals surface area contributed by atoms with Gasteiger partial charge in [-0.1, -0.05) is 0 Å². The molecule has 0 aliphatic carbocycles. The molecule has 3 amide bonds. The normalized spacial score (nSPS) is 15.4. The molecular weight excluding hydrogens is 458 g/mol. The van der Waals surface area contributed by atoms with Gasteiger partial charge in [-0.3, -0.25) is 19.2 Å². The van der Waals surface area contributed by atoms with E-state index in [-0.39, 0.29) is 6.42 Å². The van der Waals surface area contributed by atoms with Gasteiger partial charge < -0.3 is 42.7 Å². The molecule has 0 aromatic rings. The van der Waals surface area contributed by atoms with E-state index < -0.39 is 66.4 Å². The number of aliphatic carboxylic acids is 2. The second-order valence-corrected chi connectivity index (χ2v) is 8.44. The minimum atomic E-state index is -1.64. The van der Waals surface area contributed by atoms with Crippen LogP contribution < -0.4 is 27.4 Å². The highest BCUT2D eigenvalue weighted by Gasteiger charge is 2.33. The lowest BCUT2D eigenvalue weighted by Gasteiger charge is -2.26. The summed E-state index contributed by atoms with van der Waals surface area (Å²) in [6.45, 7) is 1.56. The SMILES string of the molecule is CSCCC(N)C(=O)NC(C(=O)NC(CC(=O)O)C(=O)NC(CCCCN)C(=O)O)C(C)O. The summed E-state index contributed by atoms with van der Waals surface area (Å²) in [4.78, 5) is 60.0. The fraction of sp³-hybridized carbons (Fsp3) is 0.737. The van der Waals surface area contributed by atoms with Gasteiger partial charge in [0.1, 0.15) is 18.1 Å². The summed E-state index contributed by atoms with van der Waals surface area (Å²) < 4.78 is 0. The number of nitrogens with one attached hydrogen (secondary N) is 3. The average Bonchev–Trinajstić information content (AvgIpc) is 2.73. The number of hydrogen-bond donors (Lipinski definition) is 8. The molecule has 14 heteroatoms. The zero-order chi connectivity index (χ0) is 25.6. The Morgan fingerprint density at radius 3 is 2.00 bits per heavy atom. The summed E-state index contributed by atoms with van der Waals surface area (Å²) in [6.07, 6.45) is 0.926. The van der Waals surface area contributed by atoms with Crippen molar-refractivity contribution < 1.29 is 39.3 Å².